The molecule has 0 N–H and O–H groups in total. The van der Waals surface area contributed by atoms with Crippen LogP contribution < -0.4 is 0 Å². The fraction of sp³-hybridized carbons (Fsp3) is 0. The third-order valence-corrected chi connectivity index (χ3v) is 1.17. The van der Waals surface area contributed by atoms with Gasteiger partial charge in [-0.3, -0.25) is 4.99 Å². The summed E-state index contributed by atoms with van der Waals surface area (Å²) >= 11 is 0. The molecule has 40 valence electrons. The van der Waals surface area contributed by atoms with Crippen molar-refractivity contribution in [2.75, 3.05) is 0 Å². The van der Waals surface area contributed by atoms with E-state index in [1.165, 1.54) is 17.2 Å². The second-order valence-corrected chi connectivity index (χ2v) is 2.01. The normalized spacial score (nSPS) is 24.9. The molecule has 2 nitrogen and oxygen atoms in total. The van der Waals surface area contributed by atoms with E-state index in [1.807, 2.05) is 0 Å². The van der Waals surface area contributed by atoms with Crippen molar-refractivity contribution in [2.45, 2.75) is 0 Å². The summed E-state index contributed by atoms with van der Waals surface area (Å²) in [4.78, 5) is 3.56. The maximum absolute atomic E-state index is 10.1. The lowest BCUT2D eigenvalue weighted by atomic mass is 11.1. The highest BCUT2D eigenvalue weighted by Crippen LogP contribution is 1.88. The lowest BCUT2D eigenvalue weighted by Gasteiger charge is -1.62. The average Bonchev–Trinajstić information content (AvgIpc) is 1.86. The van der Waals surface area contributed by atoms with Gasteiger partial charge in [0.05, 0.1) is 16.3 Å². The van der Waals surface area contributed by atoms with Crippen molar-refractivity contribution in [3.05, 3.63) is 11.6 Å². The van der Waals surface area contributed by atoms with Crippen molar-refractivity contribution in [2.24, 2.45) is 4.99 Å². The molecule has 2 unspecified atom stereocenters. The molecule has 0 saturated heterocycles. The SMILES string of the molecule is O=S1C=CN=C1.P. The van der Waals surface area contributed by atoms with Crippen LogP contribution in [0, 0.1) is 0 Å². The van der Waals surface area contributed by atoms with Crippen molar-refractivity contribution in [3.8, 4) is 0 Å². The number of hydrogen-bond donors (Lipinski definition) is 0. The zero-order chi connectivity index (χ0) is 4.41. The molecule has 1 aliphatic rings. The van der Waals surface area contributed by atoms with Crippen LogP contribution in [0.4, 0.5) is 0 Å². The maximum atomic E-state index is 10.1. The molecule has 0 aromatic rings. The van der Waals surface area contributed by atoms with Crippen LogP contribution in [0.15, 0.2) is 16.6 Å². The van der Waals surface area contributed by atoms with E-state index < -0.39 is 10.8 Å². The smallest absolute Gasteiger partial charge is 0.0952 e. The summed E-state index contributed by atoms with van der Waals surface area (Å²) in [5, 5.41) is 1.53. The maximum Gasteiger partial charge on any atom is 0.0952 e. The van der Waals surface area contributed by atoms with Gasteiger partial charge in [-0.15, -0.1) is 0 Å². The zero-order valence-electron chi connectivity index (χ0n) is 3.70. The predicted octanol–water partition coefficient (Wildman–Crippen LogP) is 0.306. The van der Waals surface area contributed by atoms with Crippen molar-refractivity contribution in [1.29, 1.82) is 0 Å². The van der Waals surface area contributed by atoms with Gasteiger partial charge in [0.25, 0.3) is 0 Å². The second kappa shape index (κ2) is 3.05. The second-order valence-electron chi connectivity index (χ2n) is 0.868. The Balaban J connectivity index is 0.000000360. The first-order valence-corrected chi connectivity index (χ1v) is 2.76. The molecule has 2 atom stereocenters. The lowest BCUT2D eigenvalue weighted by Crippen LogP contribution is -1.73. The highest BCUT2D eigenvalue weighted by molar-refractivity contribution is 8.01. The fourth-order valence-electron chi connectivity index (χ4n) is 0.225. The molecule has 0 saturated carbocycles. The van der Waals surface area contributed by atoms with E-state index in [9.17, 15) is 4.21 Å². The first kappa shape index (κ1) is 6.99. The third kappa shape index (κ3) is 1.95. The molecule has 1 heterocycles. The van der Waals surface area contributed by atoms with E-state index in [1.54, 1.807) is 0 Å². The fourth-order valence-corrected chi connectivity index (χ4v) is 0.676. The van der Waals surface area contributed by atoms with Crippen LogP contribution in [0.2, 0.25) is 0 Å². The molecular formula is C3H6NOPS. The number of aliphatic imine (C=N–C) groups is 1. The van der Waals surface area contributed by atoms with Crippen LogP contribution in [0.5, 0.6) is 0 Å². The molecule has 0 radical (unpaired) electrons. The van der Waals surface area contributed by atoms with Gasteiger partial charge < -0.3 is 0 Å². The van der Waals surface area contributed by atoms with Crippen LogP contribution >= 0.6 is 9.90 Å². The largest absolute Gasteiger partial charge is 0.254 e. The Morgan fingerprint density at radius 3 is 2.43 bits per heavy atom. The molecular weight excluding hydrogens is 129 g/mol. The Bertz CT molecular complexity index is 117. The van der Waals surface area contributed by atoms with Crippen molar-refractivity contribution in [1.82, 2.24) is 0 Å². The zero-order valence-corrected chi connectivity index (χ0v) is 5.93. The summed E-state index contributed by atoms with van der Waals surface area (Å²) in [7, 11) is -0.895. The van der Waals surface area contributed by atoms with Crippen LogP contribution in [0.1, 0.15) is 0 Å². The summed E-state index contributed by atoms with van der Waals surface area (Å²) in [6.45, 7) is 0. The van der Waals surface area contributed by atoms with Gasteiger partial charge >= 0.3 is 0 Å². The Morgan fingerprint density at radius 1 is 1.57 bits per heavy atom. The van der Waals surface area contributed by atoms with Crippen molar-refractivity contribution >= 4 is 26.2 Å². The average molecular weight is 135 g/mol. The van der Waals surface area contributed by atoms with Gasteiger partial charge in [0.1, 0.15) is 0 Å². The van der Waals surface area contributed by atoms with Gasteiger partial charge in [-0.2, -0.15) is 9.90 Å². The van der Waals surface area contributed by atoms with E-state index in [4.69, 9.17) is 0 Å². The number of rotatable bonds is 0. The Hall–Kier alpha value is -0.0100. The molecule has 1 aliphatic heterocycles. The molecule has 0 aromatic carbocycles. The van der Waals surface area contributed by atoms with Gasteiger partial charge in [0.2, 0.25) is 0 Å². The van der Waals surface area contributed by atoms with E-state index in [2.05, 4.69) is 4.99 Å². The van der Waals surface area contributed by atoms with E-state index in [0.29, 0.717) is 0 Å². The minimum Gasteiger partial charge on any atom is -0.254 e. The van der Waals surface area contributed by atoms with Crippen molar-refractivity contribution < 1.29 is 4.21 Å². The van der Waals surface area contributed by atoms with Gasteiger partial charge in [0, 0.05) is 11.6 Å². The molecule has 7 heavy (non-hydrogen) atoms. The van der Waals surface area contributed by atoms with E-state index in [-0.39, 0.29) is 9.90 Å². The first-order chi connectivity index (χ1) is 2.89. The number of nitrogens with zero attached hydrogens (tertiary/aromatic N) is 1. The molecule has 0 spiro atoms. The van der Waals surface area contributed by atoms with Gasteiger partial charge in [-0.05, 0) is 0 Å². The van der Waals surface area contributed by atoms with Gasteiger partial charge in [-0.1, -0.05) is 0 Å². The molecule has 0 bridgehead atoms. The Kier molecular flexibility index (Phi) is 3.05. The van der Waals surface area contributed by atoms with E-state index >= 15 is 0 Å². The highest BCUT2D eigenvalue weighted by Gasteiger charge is 1.87. The van der Waals surface area contributed by atoms with E-state index in [0.717, 1.165) is 0 Å². The summed E-state index contributed by atoms with van der Waals surface area (Å²) in [6, 6.07) is 0. The standard InChI is InChI=1S/C3H3NOS.H3P/c5-6-2-1-4-3-6;/h1-3H;1H3. The Morgan fingerprint density at radius 2 is 2.29 bits per heavy atom. The summed E-state index contributed by atoms with van der Waals surface area (Å²) < 4.78 is 10.1. The minimum atomic E-state index is -0.895. The van der Waals surface area contributed by atoms with Gasteiger partial charge in [0.15, 0.2) is 0 Å². The molecule has 0 fully saturated rings. The summed E-state index contributed by atoms with van der Waals surface area (Å²) in [5.74, 6) is 0. The quantitative estimate of drug-likeness (QED) is 0.439. The molecule has 4 heteroatoms. The first-order valence-electron chi connectivity index (χ1n) is 1.49. The van der Waals surface area contributed by atoms with Crippen LogP contribution in [-0.2, 0) is 10.8 Å². The highest BCUT2D eigenvalue weighted by atomic mass is 32.2. The topological polar surface area (TPSA) is 29.4 Å². The molecule has 0 aromatic heterocycles. The molecule has 0 aliphatic carbocycles. The molecule has 1 rings (SSSR count). The molecule has 0 amide bonds. The van der Waals surface area contributed by atoms with Crippen LogP contribution in [-0.4, -0.2) is 9.76 Å². The van der Waals surface area contributed by atoms with Gasteiger partial charge in [-0.25, -0.2) is 4.21 Å². The summed E-state index contributed by atoms with van der Waals surface area (Å²) in [6.07, 6.45) is 1.52. The minimum absolute atomic E-state index is 0. The number of hydrogen-bond acceptors (Lipinski definition) is 2. The van der Waals surface area contributed by atoms with Crippen molar-refractivity contribution in [3.63, 3.8) is 0 Å². The predicted molar refractivity (Wildman–Crippen MR) is 36.9 cm³/mol. The lowest BCUT2D eigenvalue weighted by molar-refractivity contribution is 0.695. The summed E-state index contributed by atoms with van der Waals surface area (Å²) in [5.41, 5.74) is 1.39. The Labute approximate surface area is 47.8 Å². The van der Waals surface area contributed by atoms with Crippen LogP contribution in [0.3, 0.4) is 0 Å². The van der Waals surface area contributed by atoms with Crippen LogP contribution in [0.25, 0.3) is 0 Å². The third-order valence-electron chi connectivity index (χ3n) is 0.446. The monoisotopic (exact) mass is 135 g/mol.